The lowest BCUT2D eigenvalue weighted by Crippen LogP contribution is -2.37. The van der Waals surface area contributed by atoms with E-state index >= 15 is 0 Å². The highest BCUT2D eigenvalue weighted by Crippen LogP contribution is 2.49. The van der Waals surface area contributed by atoms with Gasteiger partial charge >= 0.3 is 7.60 Å². The summed E-state index contributed by atoms with van der Waals surface area (Å²) in [7, 11) is -3.11. The molecule has 0 aliphatic carbocycles. The van der Waals surface area contributed by atoms with Crippen LogP contribution in [0, 0.1) is 0 Å². The van der Waals surface area contributed by atoms with Gasteiger partial charge in [0, 0.05) is 18.6 Å². The van der Waals surface area contributed by atoms with E-state index in [1.165, 1.54) is 11.1 Å². The topological polar surface area (TPSA) is 38.8 Å². The molecular weight excluding hydrogens is 357 g/mol. The molecule has 5 heteroatoms. The van der Waals surface area contributed by atoms with Crippen molar-refractivity contribution in [3.05, 3.63) is 71.8 Å². The molecule has 27 heavy (non-hydrogen) atoms. The lowest BCUT2D eigenvalue weighted by molar-refractivity contribution is 0.145. The summed E-state index contributed by atoms with van der Waals surface area (Å²) in [6.07, 6.45) is 0.374. The van der Waals surface area contributed by atoms with Gasteiger partial charge in [-0.2, -0.15) is 0 Å². The molecule has 0 amide bonds. The molecule has 2 aromatic rings. The van der Waals surface area contributed by atoms with Crippen molar-refractivity contribution in [3.8, 4) is 0 Å². The minimum absolute atomic E-state index is 0.0318. The van der Waals surface area contributed by atoms with Crippen molar-refractivity contribution < 1.29 is 13.6 Å². The fraction of sp³-hybridized carbons (Fsp3) is 0.455. The van der Waals surface area contributed by atoms with Crippen LogP contribution in [0.1, 0.15) is 44.9 Å². The third-order valence-corrected chi connectivity index (χ3v) is 6.97. The van der Waals surface area contributed by atoms with Crippen molar-refractivity contribution in [2.45, 2.75) is 46.3 Å². The average Bonchev–Trinajstić information content (AvgIpc) is 2.67. The molecule has 0 saturated heterocycles. The molecule has 0 radical (unpaired) electrons. The molecule has 0 aliphatic rings. The molecule has 2 rings (SSSR count). The van der Waals surface area contributed by atoms with E-state index in [0.717, 1.165) is 6.54 Å². The predicted octanol–water partition coefficient (Wildman–Crippen LogP) is 5.90. The first-order valence-corrected chi connectivity index (χ1v) is 11.4. The van der Waals surface area contributed by atoms with Crippen LogP contribution in [0.3, 0.4) is 0 Å². The first-order chi connectivity index (χ1) is 13.0. The standard InChI is InChI=1S/C22H32NO3P/c1-5-25-27(24,26-6-2)18-19(3)23(17-21-13-9-7-10-14-21)20(4)22-15-11-8-12-16-22/h7-16,19-20H,5-6,17-18H2,1-4H3/t19?,20-/m1/s1. The van der Waals surface area contributed by atoms with Crippen molar-refractivity contribution in [1.82, 2.24) is 4.90 Å². The third kappa shape index (κ3) is 6.58. The molecular formula is C22H32NO3P. The smallest absolute Gasteiger partial charge is 0.309 e. The summed E-state index contributed by atoms with van der Waals surface area (Å²) < 4.78 is 24.1. The number of hydrogen-bond donors (Lipinski definition) is 0. The summed E-state index contributed by atoms with van der Waals surface area (Å²) in [5.41, 5.74) is 2.47. The third-order valence-electron chi connectivity index (χ3n) is 4.69. The van der Waals surface area contributed by atoms with E-state index in [1.54, 1.807) is 0 Å². The van der Waals surface area contributed by atoms with Crippen molar-refractivity contribution in [3.63, 3.8) is 0 Å². The van der Waals surface area contributed by atoms with Gasteiger partial charge in [0.2, 0.25) is 0 Å². The molecule has 0 aliphatic heterocycles. The molecule has 0 saturated carbocycles. The lowest BCUT2D eigenvalue weighted by atomic mass is 10.0. The largest absolute Gasteiger partial charge is 0.332 e. The maximum Gasteiger partial charge on any atom is 0.332 e. The van der Waals surface area contributed by atoms with Crippen molar-refractivity contribution in [1.29, 1.82) is 0 Å². The van der Waals surface area contributed by atoms with Gasteiger partial charge in [-0.05, 0) is 38.8 Å². The van der Waals surface area contributed by atoms with Crippen LogP contribution in [0.15, 0.2) is 60.7 Å². The molecule has 0 heterocycles. The molecule has 148 valence electrons. The molecule has 1 unspecified atom stereocenters. The molecule has 2 aromatic carbocycles. The highest BCUT2D eigenvalue weighted by molar-refractivity contribution is 7.53. The van der Waals surface area contributed by atoms with Gasteiger partial charge in [0.25, 0.3) is 0 Å². The van der Waals surface area contributed by atoms with Gasteiger partial charge in [-0.25, -0.2) is 0 Å². The number of hydrogen-bond acceptors (Lipinski definition) is 4. The van der Waals surface area contributed by atoms with E-state index < -0.39 is 7.60 Å². The quantitative estimate of drug-likeness (QED) is 0.448. The molecule has 2 atom stereocenters. The highest BCUT2D eigenvalue weighted by atomic mass is 31.2. The Morgan fingerprint density at radius 1 is 0.889 bits per heavy atom. The maximum absolute atomic E-state index is 13.1. The normalized spacial score (nSPS) is 14.3. The summed E-state index contributed by atoms with van der Waals surface area (Å²) in [5, 5.41) is 0. The molecule has 0 aromatic heterocycles. The van der Waals surface area contributed by atoms with Crippen LogP contribution in [-0.2, 0) is 20.2 Å². The van der Waals surface area contributed by atoms with Gasteiger partial charge in [0.1, 0.15) is 0 Å². The Labute approximate surface area is 164 Å². The maximum atomic E-state index is 13.1. The Bertz CT molecular complexity index is 698. The minimum Gasteiger partial charge on any atom is -0.309 e. The molecule has 4 nitrogen and oxygen atoms in total. The Morgan fingerprint density at radius 3 is 1.93 bits per heavy atom. The van der Waals surface area contributed by atoms with Crippen LogP contribution in [0.4, 0.5) is 0 Å². The number of benzene rings is 2. The van der Waals surface area contributed by atoms with Crippen LogP contribution in [0.5, 0.6) is 0 Å². The summed E-state index contributed by atoms with van der Waals surface area (Å²) in [4.78, 5) is 2.37. The van der Waals surface area contributed by atoms with E-state index in [4.69, 9.17) is 9.05 Å². The number of nitrogens with zero attached hydrogens (tertiary/aromatic N) is 1. The van der Waals surface area contributed by atoms with Crippen molar-refractivity contribution in [2.24, 2.45) is 0 Å². The fourth-order valence-corrected chi connectivity index (χ4v) is 5.29. The molecule has 0 bridgehead atoms. The first-order valence-electron chi connectivity index (χ1n) is 9.71. The van der Waals surface area contributed by atoms with E-state index in [1.807, 2.05) is 26.0 Å². The molecule has 0 fully saturated rings. The van der Waals surface area contributed by atoms with Crippen molar-refractivity contribution >= 4 is 7.60 Å². The predicted molar refractivity (Wildman–Crippen MR) is 112 cm³/mol. The lowest BCUT2D eigenvalue weighted by Gasteiger charge is -2.36. The monoisotopic (exact) mass is 389 g/mol. The highest BCUT2D eigenvalue weighted by Gasteiger charge is 2.31. The Kier molecular flexibility index (Phi) is 8.72. The van der Waals surface area contributed by atoms with E-state index in [0.29, 0.717) is 19.4 Å². The zero-order valence-electron chi connectivity index (χ0n) is 16.9. The Morgan fingerprint density at radius 2 is 1.41 bits per heavy atom. The van der Waals surface area contributed by atoms with Gasteiger partial charge < -0.3 is 9.05 Å². The van der Waals surface area contributed by atoms with Gasteiger partial charge in [0.15, 0.2) is 0 Å². The van der Waals surface area contributed by atoms with Crippen LogP contribution in [0.25, 0.3) is 0 Å². The second-order valence-electron chi connectivity index (χ2n) is 6.72. The average molecular weight is 389 g/mol. The van der Waals surface area contributed by atoms with Crippen molar-refractivity contribution in [2.75, 3.05) is 19.4 Å². The van der Waals surface area contributed by atoms with E-state index in [9.17, 15) is 4.57 Å². The minimum atomic E-state index is -3.11. The van der Waals surface area contributed by atoms with Gasteiger partial charge in [-0.1, -0.05) is 60.7 Å². The first kappa shape index (κ1) is 21.8. The summed E-state index contributed by atoms with van der Waals surface area (Å²) in [5.74, 6) is 0. The molecule has 0 spiro atoms. The van der Waals surface area contributed by atoms with E-state index in [-0.39, 0.29) is 12.1 Å². The number of rotatable bonds is 11. The van der Waals surface area contributed by atoms with Crippen LogP contribution >= 0.6 is 7.60 Å². The molecule has 0 N–H and O–H groups in total. The summed E-state index contributed by atoms with van der Waals surface area (Å²) in [6, 6.07) is 21.0. The van der Waals surface area contributed by atoms with Gasteiger partial charge in [0.05, 0.1) is 19.4 Å². The second kappa shape index (κ2) is 10.8. The van der Waals surface area contributed by atoms with Gasteiger partial charge in [-0.15, -0.1) is 0 Å². The SMILES string of the molecule is CCOP(=O)(CC(C)N(Cc1ccccc1)[C@H](C)c1ccccc1)OCC. The Balaban J connectivity index is 2.26. The summed E-state index contributed by atoms with van der Waals surface area (Å²) in [6.45, 7) is 9.55. The van der Waals surface area contributed by atoms with Gasteiger partial charge in [-0.3, -0.25) is 9.46 Å². The zero-order valence-corrected chi connectivity index (χ0v) is 17.8. The van der Waals surface area contributed by atoms with Crippen LogP contribution in [-0.4, -0.2) is 30.3 Å². The second-order valence-corrected chi connectivity index (χ2v) is 8.83. The van der Waals surface area contributed by atoms with Crippen LogP contribution in [0.2, 0.25) is 0 Å². The summed E-state index contributed by atoms with van der Waals surface area (Å²) >= 11 is 0. The van der Waals surface area contributed by atoms with Crippen LogP contribution < -0.4 is 0 Å². The Hall–Kier alpha value is -1.45. The van der Waals surface area contributed by atoms with E-state index in [2.05, 4.69) is 67.3 Å². The fourth-order valence-electron chi connectivity index (χ4n) is 3.36. The zero-order chi connectivity index (χ0) is 19.7.